The van der Waals surface area contributed by atoms with E-state index in [1.165, 1.54) is 77.3 Å². The highest BCUT2D eigenvalue weighted by atomic mass is 28.4. The molecule has 342 valence electrons. The highest BCUT2D eigenvalue weighted by molar-refractivity contribution is 6.76. The van der Waals surface area contributed by atoms with Crippen molar-refractivity contribution in [3.8, 4) is 5.75 Å². The number of benzene rings is 1. The molecule has 0 fully saturated rings. The Morgan fingerprint density at radius 2 is 1.19 bits per heavy atom. The molecular weight excluding hydrogens is 867 g/mol. The first-order valence-corrected chi connectivity index (χ1v) is 19.6. The molecule has 24 heteroatoms. The molecule has 6 nitrogen and oxygen atoms in total. The van der Waals surface area contributed by atoms with Gasteiger partial charge in [-0.2, -0.15) is 74.6 Å². The van der Waals surface area contributed by atoms with Crippen molar-refractivity contribution in [1.29, 1.82) is 0 Å². The van der Waals surface area contributed by atoms with Crippen molar-refractivity contribution in [2.24, 2.45) is 0 Å². The normalized spacial score (nSPS) is 15.9. The Morgan fingerprint density at radius 1 is 0.729 bits per heavy atom. The van der Waals surface area contributed by atoms with E-state index in [2.05, 4.69) is 0 Å². The summed E-state index contributed by atoms with van der Waals surface area (Å²) < 4.78 is 256. The molecule has 0 radical (unpaired) electrons. The summed E-state index contributed by atoms with van der Waals surface area (Å²) in [4.78, 5) is 11.6. The van der Waals surface area contributed by atoms with Gasteiger partial charge in [-0.3, -0.25) is 0 Å². The van der Waals surface area contributed by atoms with Gasteiger partial charge in [-0.15, -0.1) is 0 Å². The summed E-state index contributed by atoms with van der Waals surface area (Å²) >= 11 is 0. The van der Waals surface area contributed by atoms with Gasteiger partial charge in [0.2, 0.25) is 0 Å². The third-order valence-corrected chi connectivity index (χ3v) is 15.0. The highest BCUT2D eigenvalue weighted by Crippen LogP contribution is 2.64. The zero-order chi connectivity index (χ0) is 46.4. The zero-order valence-corrected chi connectivity index (χ0v) is 33.3. The molecule has 0 unspecified atom stereocenters. The number of halogens is 17. The molecule has 1 aromatic rings. The minimum absolute atomic E-state index is 0.133. The topological polar surface area (TPSA) is 74.2 Å². The van der Waals surface area contributed by atoms with Crippen molar-refractivity contribution in [2.75, 3.05) is 26.9 Å². The number of carbonyl (C=O) groups excluding carboxylic acids is 1. The summed E-state index contributed by atoms with van der Waals surface area (Å²) in [6, 6.07) is 4.27. The van der Waals surface area contributed by atoms with Crippen molar-refractivity contribution in [3.05, 3.63) is 53.6 Å². The fourth-order valence-corrected chi connectivity index (χ4v) is 10.1. The van der Waals surface area contributed by atoms with Crippen LogP contribution in [0.1, 0.15) is 59.6 Å². The second-order valence-corrected chi connectivity index (χ2v) is 18.8. The number of aliphatic hydroxyl groups is 1. The van der Waals surface area contributed by atoms with E-state index in [0.29, 0.717) is 11.1 Å². The number of rotatable bonds is 23. The summed E-state index contributed by atoms with van der Waals surface area (Å²) in [5.74, 6) is -57.2. The molecule has 1 aromatic carbocycles. The van der Waals surface area contributed by atoms with Crippen LogP contribution in [0.4, 0.5) is 74.6 Å². The van der Waals surface area contributed by atoms with Gasteiger partial charge in [-0.25, -0.2) is 4.79 Å². The lowest BCUT2D eigenvalue weighted by Crippen LogP contribution is -2.74. The number of aliphatic hydroxyl groups excluding tert-OH is 1. The fourth-order valence-electron chi connectivity index (χ4n) is 5.67. The molecule has 2 atom stereocenters. The Bertz CT molecular complexity index is 1570. The third-order valence-electron chi connectivity index (χ3n) is 9.28. The lowest BCUT2D eigenvalue weighted by Gasteiger charge is -2.44. The smallest absolute Gasteiger partial charge is 0.460 e. The molecule has 0 saturated carbocycles. The fraction of sp³-hybridized carbons (Fsp3) is 0.686. The van der Waals surface area contributed by atoms with E-state index in [4.69, 9.17) is 18.6 Å². The molecule has 1 N–H and O–H groups in total. The van der Waals surface area contributed by atoms with Crippen LogP contribution in [0.5, 0.6) is 5.75 Å². The first kappa shape index (κ1) is 53.9. The zero-order valence-electron chi connectivity index (χ0n) is 32.3. The standard InChI is InChI=1S/C35H43F17O6Si/c1-8-56-26(53)19-22(6)9-14-25(55-7)27(54)23-10-12-24(13-11-23)57-16-17-58-59(20(2)3,21(4)5)18-15-28(36,37)29(38,39)30(40,41)31(42,43)32(44,45)33(46,47)34(48,49)35(50,51)52/h9-14,19-21,25,27,54H,8,15-18H2,1-7H3/b14-9+,22-19+/t25-,27-/m0/s1. The second-order valence-electron chi connectivity index (χ2n) is 13.8. The second kappa shape index (κ2) is 19.3. The Labute approximate surface area is 328 Å². The maximum absolute atomic E-state index is 14.9. The first-order chi connectivity index (χ1) is 26.5. The number of alkyl halides is 17. The van der Waals surface area contributed by atoms with Crippen molar-refractivity contribution < 1.29 is 103 Å². The van der Waals surface area contributed by atoms with E-state index in [-0.39, 0.29) is 12.4 Å². The Morgan fingerprint density at radius 3 is 1.61 bits per heavy atom. The summed E-state index contributed by atoms with van der Waals surface area (Å²) in [6.07, 6.45) is -8.32. The van der Waals surface area contributed by atoms with E-state index >= 15 is 0 Å². The molecular formula is C35H43F17O6Si. The maximum atomic E-state index is 14.9. The largest absolute Gasteiger partial charge is 0.491 e. The Kier molecular flexibility index (Phi) is 17.6. The highest BCUT2D eigenvalue weighted by Gasteiger charge is 2.95. The van der Waals surface area contributed by atoms with Gasteiger partial charge in [0, 0.05) is 19.6 Å². The van der Waals surface area contributed by atoms with Crippen molar-refractivity contribution in [1.82, 2.24) is 0 Å². The molecule has 0 aliphatic carbocycles. The molecule has 0 aliphatic heterocycles. The number of methoxy groups -OCH3 is 1. The lowest BCUT2D eigenvalue weighted by atomic mass is 9.88. The number of hydrogen-bond acceptors (Lipinski definition) is 6. The van der Waals surface area contributed by atoms with Crippen LogP contribution in [-0.4, -0.2) is 100 Å². The predicted molar refractivity (Wildman–Crippen MR) is 179 cm³/mol. The van der Waals surface area contributed by atoms with E-state index in [1.54, 1.807) is 13.8 Å². The van der Waals surface area contributed by atoms with Gasteiger partial charge in [0.15, 0.2) is 8.32 Å². The molecule has 0 amide bonds. The molecule has 0 aliphatic rings. The van der Waals surface area contributed by atoms with E-state index in [0.717, 1.165) is 0 Å². The SMILES string of the molecule is CCOC(=O)/C=C(C)/C=C/[C@H](OC)[C@@H](O)c1ccc(OCCO[Si](CCC(F)(F)C(F)(F)C(F)(F)C(F)(F)C(F)(F)C(F)(F)C(F)(F)C(F)(F)F)(C(C)C)C(C)C)cc1. The number of esters is 1. The lowest BCUT2D eigenvalue weighted by molar-refractivity contribution is -0.461. The minimum atomic E-state index is -8.69. The molecule has 0 aromatic heterocycles. The van der Waals surface area contributed by atoms with Crippen LogP contribution < -0.4 is 4.74 Å². The number of ether oxygens (including phenoxy) is 3. The Balaban J connectivity index is 3.21. The number of hydrogen-bond donors (Lipinski definition) is 1. The summed E-state index contributed by atoms with van der Waals surface area (Å²) in [7, 11) is -2.66. The van der Waals surface area contributed by atoms with Crippen molar-refractivity contribution >= 4 is 14.3 Å². The average Bonchev–Trinajstić information content (AvgIpc) is 3.10. The van der Waals surface area contributed by atoms with Crippen LogP contribution in [-0.2, 0) is 18.7 Å². The van der Waals surface area contributed by atoms with Gasteiger partial charge in [0.25, 0.3) is 0 Å². The van der Waals surface area contributed by atoms with Crippen LogP contribution in [0, 0.1) is 0 Å². The van der Waals surface area contributed by atoms with Gasteiger partial charge in [0.05, 0.1) is 13.2 Å². The van der Waals surface area contributed by atoms with Gasteiger partial charge < -0.3 is 23.7 Å². The van der Waals surface area contributed by atoms with E-state index < -0.39 is 111 Å². The third kappa shape index (κ3) is 10.9. The number of carbonyl (C=O) groups is 1. The minimum Gasteiger partial charge on any atom is -0.491 e. The molecule has 0 heterocycles. The summed E-state index contributed by atoms with van der Waals surface area (Å²) in [5, 5.41) is 10.8. The maximum Gasteiger partial charge on any atom is 0.460 e. The molecule has 59 heavy (non-hydrogen) atoms. The van der Waals surface area contributed by atoms with Crippen LogP contribution in [0.3, 0.4) is 0 Å². The van der Waals surface area contributed by atoms with Gasteiger partial charge >= 0.3 is 53.6 Å². The Hall–Kier alpha value is -3.12. The molecule has 0 spiro atoms. The quantitative estimate of drug-likeness (QED) is 0.0294. The van der Waals surface area contributed by atoms with Crippen LogP contribution >= 0.6 is 0 Å². The van der Waals surface area contributed by atoms with Crippen LogP contribution in [0.2, 0.25) is 17.1 Å². The van der Waals surface area contributed by atoms with Gasteiger partial charge in [-0.1, -0.05) is 52.0 Å². The summed E-state index contributed by atoms with van der Waals surface area (Å²) in [6.45, 7) is 7.76. The average molecular weight is 911 g/mol. The predicted octanol–water partition coefficient (Wildman–Crippen LogP) is 11.4. The summed E-state index contributed by atoms with van der Waals surface area (Å²) in [5.41, 5.74) is -0.927. The van der Waals surface area contributed by atoms with Crippen LogP contribution in [0.25, 0.3) is 0 Å². The van der Waals surface area contributed by atoms with E-state index in [9.17, 15) is 84.5 Å². The van der Waals surface area contributed by atoms with Gasteiger partial charge in [0.1, 0.15) is 24.6 Å². The van der Waals surface area contributed by atoms with Crippen molar-refractivity contribution in [3.63, 3.8) is 0 Å². The number of allylic oxidation sites excluding steroid dienone is 2. The molecule has 0 saturated heterocycles. The molecule has 0 bridgehead atoms. The van der Waals surface area contributed by atoms with Crippen molar-refractivity contribution in [2.45, 2.75) is 125 Å². The van der Waals surface area contributed by atoms with Gasteiger partial charge in [-0.05, 0) is 54.2 Å². The van der Waals surface area contributed by atoms with E-state index in [1.807, 2.05) is 0 Å². The first-order valence-electron chi connectivity index (χ1n) is 17.3. The molecule has 1 rings (SSSR count). The van der Waals surface area contributed by atoms with Crippen LogP contribution in [0.15, 0.2) is 48.1 Å². The monoisotopic (exact) mass is 910 g/mol.